The van der Waals surface area contributed by atoms with Gasteiger partial charge in [-0.05, 0) is 79.1 Å². The molecule has 8 heteroatoms. The topological polar surface area (TPSA) is 112 Å². The standard InChI is InChI=1S/C22H21N5O3/c1-12-7-15(27-21(30)26(23)19(28)11-24-27)8-13(2)16(12)9-14-3-4-18-17(10-14)22(5-6-22)20(29)25-18/h3-4,7-8,10-11H,5-6,9,23H2,1-2H3,(H,25,29). The lowest BCUT2D eigenvalue weighted by atomic mass is 9.91. The molecule has 8 nitrogen and oxygen atoms in total. The molecule has 5 rings (SSSR count). The van der Waals surface area contributed by atoms with Gasteiger partial charge in [0.25, 0.3) is 5.56 Å². The molecule has 1 saturated carbocycles. The van der Waals surface area contributed by atoms with Gasteiger partial charge in [0.2, 0.25) is 5.91 Å². The zero-order valence-electron chi connectivity index (χ0n) is 16.7. The van der Waals surface area contributed by atoms with Crippen molar-refractivity contribution in [3.8, 4) is 5.69 Å². The van der Waals surface area contributed by atoms with Crippen molar-refractivity contribution >= 4 is 11.6 Å². The molecule has 30 heavy (non-hydrogen) atoms. The monoisotopic (exact) mass is 403 g/mol. The van der Waals surface area contributed by atoms with Crippen molar-refractivity contribution in [1.29, 1.82) is 0 Å². The number of hydrogen-bond acceptors (Lipinski definition) is 5. The van der Waals surface area contributed by atoms with Crippen LogP contribution in [-0.4, -0.2) is 20.4 Å². The summed E-state index contributed by atoms with van der Waals surface area (Å²) in [5, 5.41) is 6.92. The maximum Gasteiger partial charge on any atom is 0.370 e. The summed E-state index contributed by atoms with van der Waals surface area (Å²) in [4.78, 5) is 36.1. The average Bonchev–Trinajstić information content (AvgIpc) is 3.46. The molecule has 2 aliphatic rings. The zero-order valence-corrected chi connectivity index (χ0v) is 16.7. The Hall–Kier alpha value is -3.68. The molecular formula is C22H21N5O3. The summed E-state index contributed by atoms with van der Waals surface area (Å²) in [6.45, 7) is 3.96. The minimum atomic E-state index is -0.695. The van der Waals surface area contributed by atoms with Crippen LogP contribution in [0.15, 0.2) is 46.1 Å². The van der Waals surface area contributed by atoms with E-state index in [0.29, 0.717) is 16.8 Å². The van der Waals surface area contributed by atoms with E-state index in [4.69, 9.17) is 5.84 Å². The van der Waals surface area contributed by atoms with Crippen LogP contribution in [0.1, 0.15) is 40.7 Å². The second-order valence-corrected chi connectivity index (χ2v) is 8.20. The Morgan fingerprint density at radius 3 is 2.47 bits per heavy atom. The number of aryl methyl sites for hydroxylation is 2. The van der Waals surface area contributed by atoms with Gasteiger partial charge >= 0.3 is 5.69 Å². The highest BCUT2D eigenvalue weighted by atomic mass is 16.2. The molecule has 1 spiro atoms. The minimum absolute atomic E-state index is 0.116. The molecule has 1 aromatic heterocycles. The summed E-state index contributed by atoms with van der Waals surface area (Å²) >= 11 is 0. The van der Waals surface area contributed by atoms with Crippen molar-refractivity contribution < 1.29 is 4.79 Å². The van der Waals surface area contributed by atoms with Crippen LogP contribution in [0.4, 0.5) is 5.69 Å². The van der Waals surface area contributed by atoms with Crippen molar-refractivity contribution in [2.75, 3.05) is 11.2 Å². The van der Waals surface area contributed by atoms with E-state index in [0.717, 1.165) is 57.2 Å². The van der Waals surface area contributed by atoms with Gasteiger partial charge in [-0.2, -0.15) is 14.5 Å². The first kappa shape index (κ1) is 18.4. The molecule has 0 saturated heterocycles. The SMILES string of the molecule is Cc1cc(-n2ncc(=O)n(N)c2=O)cc(C)c1Cc1ccc2c(c1)C1(CC1)C(=O)N2. The number of rotatable bonds is 3. The highest BCUT2D eigenvalue weighted by Gasteiger charge is 2.56. The van der Waals surface area contributed by atoms with E-state index in [1.165, 1.54) is 0 Å². The molecular weight excluding hydrogens is 382 g/mol. The molecule has 0 bridgehead atoms. The molecule has 152 valence electrons. The maximum absolute atomic E-state index is 12.3. The van der Waals surface area contributed by atoms with Crippen molar-refractivity contribution in [3.63, 3.8) is 0 Å². The summed E-state index contributed by atoms with van der Waals surface area (Å²) in [6, 6.07) is 9.90. The molecule has 1 fully saturated rings. The van der Waals surface area contributed by atoms with Crippen LogP contribution in [0.25, 0.3) is 5.69 Å². The zero-order chi connectivity index (χ0) is 21.2. The van der Waals surface area contributed by atoms with Gasteiger partial charge in [0.15, 0.2) is 0 Å². The molecule has 1 aliphatic carbocycles. The van der Waals surface area contributed by atoms with E-state index < -0.39 is 11.2 Å². The predicted octanol–water partition coefficient (Wildman–Crippen LogP) is 1.30. The molecule has 0 atom stereocenters. The number of fused-ring (bicyclic) bond motifs is 2. The number of amides is 1. The van der Waals surface area contributed by atoms with Gasteiger partial charge in [0, 0.05) is 5.69 Å². The van der Waals surface area contributed by atoms with Gasteiger partial charge in [-0.15, -0.1) is 0 Å². The summed E-state index contributed by atoms with van der Waals surface area (Å²) < 4.78 is 1.66. The third kappa shape index (κ3) is 2.60. The van der Waals surface area contributed by atoms with Crippen molar-refractivity contribution in [3.05, 3.63) is 85.2 Å². The summed E-state index contributed by atoms with van der Waals surface area (Å²) in [5.74, 6) is 5.63. The Kier molecular flexibility index (Phi) is 3.77. The largest absolute Gasteiger partial charge is 0.370 e. The Balaban J connectivity index is 1.51. The first-order valence-corrected chi connectivity index (χ1v) is 9.82. The fraction of sp³-hybridized carbons (Fsp3) is 0.273. The highest BCUT2D eigenvalue weighted by Crippen LogP contribution is 2.55. The lowest BCUT2D eigenvalue weighted by Crippen LogP contribution is -2.44. The van der Waals surface area contributed by atoms with Gasteiger partial charge < -0.3 is 11.2 Å². The lowest BCUT2D eigenvalue weighted by Gasteiger charge is -2.15. The molecule has 1 aliphatic heterocycles. The van der Waals surface area contributed by atoms with Crippen LogP contribution < -0.4 is 22.4 Å². The van der Waals surface area contributed by atoms with Crippen LogP contribution in [-0.2, 0) is 16.6 Å². The van der Waals surface area contributed by atoms with E-state index in [2.05, 4.69) is 16.5 Å². The summed E-state index contributed by atoms with van der Waals surface area (Å²) in [7, 11) is 0. The van der Waals surface area contributed by atoms with Gasteiger partial charge in [-0.25, -0.2) is 4.79 Å². The van der Waals surface area contributed by atoms with Crippen LogP contribution in [0.3, 0.4) is 0 Å². The number of carbonyl (C=O) groups is 1. The van der Waals surface area contributed by atoms with Gasteiger partial charge in [0.05, 0.1) is 11.1 Å². The van der Waals surface area contributed by atoms with E-state index in [-0.39, 0.29) is 11.3 Å². The van der Waals surface area contributed by atoms with E-state index in [1.807, 2.05) is 38.1 Å². The van der Waals surface area contributed by atoms with Gasteiger partial charge in [-0.1, -0.05) is 12.1 Å². The highest BCUT2D eigenvalue weighted by molar-refractivity contribution is 6.08. The fourth-order valence-corrected chi connectivity index (χ4v) is 4.36. The summed E-state index contributed by atoms with van der Waals surface area (Å²) in [5.41, 5.74) is 5.23. The number of aromatic nitrogens is 3. The molecule has 2 heterocycles. The normalized spacial score (nSPS) is 15.9. The van der Waals surface area contributed by atoms with Crippen LogP contribution >= 0.6 is 0 Å². The third-order valence-corrected chi connectivity index (χ3v) is 6.25. The van der Waals surface area contributed by atoms with Crippen LogP contribution in [0, 0.1) is 13.8 Å². The van der Waals surface area contributed by atoms with Crippen LogP contribution in [0.2, 0.25) is 0 Å². The fourth-order valence-electron chi connectivity index (χ4n) is 4.36. The Morgan fingerprint density at radius 2 is 1.80 bits per heavy atom. The minimum Gasteiger partial charge on any atom is -0.332 e. The Bertz CT molecular complexity index is 1320. The first-order chi connectivity index (χ1) is 14.3. The number of nitrogens with zero attached hydrogens (tertiary/aromatic N) is 3. The van der Waals surface area contributed by atoms with Gasteiger partial charge in [-0.3, -0.25) is 9.59 Å². The van der Waals surface area contributed by atoms with Crippen molar-refractivity contribution in [2.45, 2.75) is 38.5 Å². The third-order valence-electron chi connectivity index (χ3n) is 6.25. The van der Waals surface area contributed by atoms with E-state index in [9.17, 15) is 14.4 Å². The number of nitrogens with one attached hydrogen (secondary N) is 1. The quantitative estimate of drug-likeness (QED) is 0.640. The number of benzene rings is 2. The van der Waals surface area contributed by atoms with Crippen molar-refractivity contribution in [2.24, 2.45) is 0 Å². The smallest absolute Gasteiger partial charge is 0.332 e. The lowest BCUT2D eigenvalue weighted by molar-refractivity contribution is -0.117. The Morgan fingerprint density at radius 1 is 1.10 bits per heavy atom. The second kappa shape index (κ2) is 6.16. The van der Waals surface area contributed by atoms with E-state index >= 15 is 0 Å². The molecule has 2 aromatic carbocycles. The number of anilines is 1. The van der Waals surface area contributed by atoms with Crippen molar-refractivity contribution in [1.82, 2.24) is 14.5 Å². The molecule has 3 aromatic rings. The Labute approximate surface area is 171 Å². The summed E-state index contributed by atoms with van der Waals surface area (Å²) in [6.07, 6.45) is 3.56. The van der Waals surface area contributed by atoms with Gasteiger partial charge in [0.1, 0.15) is 6.20 Å². The first-order valence-electron chi connectivity index (χ1n) is 9.82. The van der Waals surface area contributed by atoms with Crippen LogP contribution in [0.5, 0.6) is 0 Å². The average molecular weight is 403 g/mol. The number of nitrogens with two attached hydrogens (primary N) is 1. The molecule has 0 radical (unpaired) electrons. The molecule has 1 amide bonds. The number of nitrogen functional groups attached to an aromatic ring is 1. The number of carbonyl (C=O) groups excluding carboxylic acids is 1. The second-order valence-electron chi connectivity index (χ2n) is 8.20. The molecule has 0 unspecified atom stereocenters. The predicted molar refractivity (Wildman–Crippen MR) is 113 cm³/mol. The maximum atomic E-state index is 12.3. The number of hydrogen-bond donors (Lipinski definition) is 2. The molecule has 3 N–H and O–H groups in total. The van der Waals surface area contributed by atoms with E-state index in [1.54, 1.807) is 0 Å².